The van der Waals surface area contributed by atoms with Crippen molar-refractivity contribution in [3.05, 3.63) is 89.0 Å². The highest BCUT2D eigenvalue weighted by molar-refractivity contribution is 5.95. The van der Waals surface area contributed by atoms with Crippen molar-refractivity contribution in [2.75, 3.05) is 0 Å². The first-order valence-corrected chi connectivity index (χ1v) is 12.1. The second-order valence-electron chi connectivity index (χ2n) is 9.21. The third kappa shape index (κ3) is 7.34. The molecule has 0 spiro atoms. The van der Waals surface area contributed by atoms with E-state index in [1.54, 1.807) is 6.08 Å². The number of aliphatic hydroxyl groups is 2. The van der Waals surface area contributed by atoms with Crippen molar-refractivity contribution in [1.29, 1.82) is 0 Å². The van der Waals surface area contributed by atoms with Gasteiger partial charge in [-0.2, -0.15) is 5.10 Å². The zero-order chi connectivity index (χ0) is 27.1. The van der Waals surface area contributed by atoms with Crippen molar-refractivity contribution >= 4 is 18.0 Å². The fraction of sp³-hybridized carbons (Fsp3) is 0.321. The minimum atomic E-state index is -1.22. The summed E-state index contributed by atoms with van der Waals surface area (Å²) in [4.78, 5) is 24.2. The maximum atomic E-state index is 13.6. The maximum Gasteiger partial charge on any atom is 0.305 e. The molecule has 37 heavy (non-hydrogen) atoms. The second-order valence-corrected chi connectivity index (χ2v) is 9.21. The van der Waals surface area contributed by atoms with E-state index < -0.39 is 30.4 Å². The number of nitrogens with zero attached hydrogens (tertiary/aromatic N) is 2. The van der Waals surface area contributed by atoms with Gasteiger partial charge in [0.15, 0.2) is 5.69 Å². The minimum absolute atomic E-state index is 0.142. The number of aliphatic carboxylic acids is 1. The third-order valence-electron chi connectivity index (χ3n) is 5.87. The number of benzene rings is 2. The monoisotopic (exact) mass is 509 g/mol. The van der Waals surface area contributed by atoms with E-state index >= 15 is 0 Å². The molecule has 0 fully saturated rings. The Kier molecular flexibility index (Phi) is 9.32. The molecule has 0 bridgehead atoms. The highest BCUT2D eigenvalue weighted by Crippen LogP contribution is 2.28. The Bertz CT molecular complexity index is 1240. The lowest BCUT2D eigenvalue weighted by atomic mass is 9.98. The van der Waals surface area contributed by atoms with Gasteiger partial charge in [-0.3, -0.25) is 9.59 Å². The average molecular weight is 510 g/mol. The molecular weight excluding hydrogens is 477 g/mol. The molecule has 0 radical (unpaired) electrons. The summed E-state index contributed by atoms with van der Waals surface area (Å²) in [5, 5.41) is 36.6. The molecule has 3 rings (SSSR count). The van der Waals surface area contributed by atoms with E-state index in [2.05, 4.69) is 10.4 Å². The summed E-state index contributed by atoms with van der Waals surface area (Å²) < 4.78 is 15.1. The van der Waals surface area contributed by atoms with Crippen LogP contribution >= 0.6 is 0 Å². The Morgan fingerprint density at radius 3 is 2.30 bits per heavy atom. The van der Waals surface area contributed by atoms with Crippen molar-refractivity contribution < 1.29 is 29.3 Å². The number of hydrogen-bond acceptors (Lipinski definition) is 5. The number of rotatable bonds is 11. The van der Waals surface area contributed by atoms with Crippen LogP contribution in [0.25, 0.3) is 11.8 Å². The van der Waals surface area contributed by atoms with Crippen LogP contribution in [0.2, 0.25) is 0 Å². The van der Waals surface area contributed by atoms with Crippen molar-refractivity contribution in [2.45, 2.75) is 57.8 Å². The molecule has 1 aromatic heterocycles. The molecule has 0 aliphatic carbocycles. The highest BCUT2D eigenvalue weighted by Gasteiger charge is 2.26. The van der Waals surface area contributed by atoms with Crippen LogP contribution in [-0.4, -0.2) is 49.2 Å². The molecule has 3 aromatic rings. The van der Waals surface area contributed by atoms with Gasteiger partial charge in [-0.1, -0.05) is 50.3 Å². The molecule has 196 valence electrons. The Hall–Kier alpha value is -3.82. The van der Waals surface area contributed by atoms with Crippen molar-refractivity contribution in [1.82, 2.24) is 15.1 Å². The smallest absolute Gasteiger partial charge is 0.305 e. The number of carboxylic acid groups (broad SMARTS) is 1. The number of aromatic nitrogens is 2. The van der Waals surface area contributed by atoms with E-state index in [1.807, 2.05) is 51.1 Å². The van der Waals surface area contributed by atoms with Gasteiger partial charge in [0.1, 0.15) is 5.82 Å². The van der Waals surface area contributed by atoms with Crippen LogP contribution < -0.4 is 5.32 Å². The van der Waals surface area contributed by atoms with Gasteiger partial charge < -0.3 is 20.6 Å². The first kappa shape index (κ1) is 27.8. The summed E-state index contributed by atoms with van der Waals surface area (Å²) in [6.45, 7) is 5.69. The number of hydrogen-bond donors (Lipinski definition) is 4. The van der Waals surface area contributed by atoms with E-state index in [1.165, 1.54) is 35.0 Å². The molecule has 2 aromatic carbocycles. The van der Waals surface area contributed by atoms with Crippen LogP contribution in [0.1, 0.15) is 72.9 Å². The summed E-state index contributed by atoms with van der Waals surface area (Å²) in [5.74, 6) is -2.11. The van der Waals surface area contributed by atoms with E-state index in [0.29, 0.717) is 16.9 Å². The number of carboxylic acids is 1. The van der Waals surface area contributed by atoms with E-state index in [-0.39, 0.29) is 30.0 Å². The van der Waals surface area contributed by atoms with Gasteiger partial charge in [0.05, 0.1) is 36.1 Å². The standard InChI is InChI=1S/C28H32FN3O5/c1-17(2)26-24(14-13-22(33)15-23(34)16-25(35)36)32(21-11-9-20(29)10-12-21)31-27(26)28(37)30-18(3)19-7-5-4-6-8-19/h4-14,17-18,22-23,33-34H,15-16H2,1-3H3,(H,30,37)(H,35,36)/b14-13+/t18-,22-,23-/m1/s1. The molecule has 8 nitrogen and oxygen atoms in total. The summed E-state index contributed by atoms with van der Waals surface area (Å²) >= 11 is 0. The van der Waals surface area contributed by atoms with Gasteiger partial charge in [0.25, 0.3) is 5.91 Å². The largest absolute Gasteiger partial charge is 0.481 e. The van der Waals surface area contributed by atoms with Crippen LogP contribution in [-0.2, 0) is 4.79 Å². The van der Waals surface area contributed by atoms with Gasteiger partial charge in [-0.15, -0.1) is 0 Å². The van der Waals surface area contributed by atoms with Gasteiger partial charge >= 0.3 is 5.97 Å². The quantitative estimate of drug-likeness (QED) is 0.307. The van der Waals surface area contributed by atoms with Crippen molar-refractivity contribution in [3.63, 3.8) is 0 Å². The Balaban J connectivity index is 2.00. The molecule has 0 unspecified atom stereocenters. The first-order valence-electron chi connectivity index (χ1n) is 12.1. The van der Waals surface area contributed by atoms with Crippen LogP contribution in [0.3, 0.4) is 0 Å². The number of aliphatic hydroxyl groups excluding tert-OH is 2. The van der Waals surface area contributed by atoms with Gasteiger partial charge in [-0.25, -0.2) is 9.07 Å². The lowest BCUT2D eigenvalue weighted by Crippen LogP contribution is -2.28. The topological polar surface area (TPSA) is 125 Å². The Labute approximate surface area is 215 Å². The number of carbonyl (C=O) groups excluding carboxylic acids is 1. The molecule has 9 heteroatoms. The molecule has 0 aliphatic rings. The molecule has 1 heterocycles. The first-order chi connectivity index (χ1) is 17.6. The number of carbonyl (C=O) groups is 2. The molecule has 0 saturated carbocycles. The summed E-state index contributed by atoms with van der Waals surface area (Å²) in [6, 6.07) is 14.9. The molecule has 0 saturated heterocycles. The molecule has 4 N–H and O–H groups in total. The maximum absolute atomic E-state index is 13.6. The summed E-state index contributed by atoms with van der Waals surface area (Å²) in [5.41, 5.74) is 2.77. The zero-order valence-electron chi connectivity index (χ0n) is 21.0. The fourth-order valence-electron chi connectivity index (χ4n) is 4.05. The van der Waals surface area contributed by atoms with Crippen LogP contribution in [0.5, 0.6) is 0 Å². The molecular formula is C28H32FN3O5. The predicted octanol–water partition coefficient (Wildman–Crippen LogP) is 4.23. The van der Waals surface area contributed by atoms with E-state index in [9.17, 15) is 24.2 Å². The van der Waals surface area contributed by atoms with Crippen molar-refractivity contribution in [2.24, 2.45) is 0 Å². The van der Waals surface area contributed by atoms with Gasteiger partial charge in [-0.05, 0) is 48.7 Å². The number of halogens is 1. The second kappa shape index (κ2) is 12.4. The highest BCUT2D eigenvalue weighted by atomic mass is 19.1. The number of nitrogens with one attached hydrogen (secondary N) is 1. The molecule has 3 atom stereocenters. The Morgan fingerprint density at radius 1 is 1.05 bits per heavy atom. The molecule has 0 aliphatic heterocycles. The van der Waals surface area contributed by atoms with Crippen LogP contribution in [0.4, 0.5) is 4.39 Å². The van der Waals surface area contributed by atoms with Crippen LogP contribution in [0.15, 0.2) is 60.7 Å². The van der Waals surface area contributed by atoms with Crippen LogP contribution in [0, 0.1) is 5.82 Å². The molecule has 1 amide bonds. The SMILES string of the molecule is CC(C)c1c(C(=O)N[C@H](C)c2ccccc2)nn(-c2ccc(F)cc2)c1/C=C/[C@@H](O)C[C@@H](O)CC(=O)O. The summed E-state index contributed by atoms with van der Waals surface area (Å²) in [6.07, 6.45) is -0.0129. The van der Waals surface area contributed by atoms with E-state index in [0.717, 1.165) is 5.56 Å². The normalized spacial score (nSPS) is 14.0. The number of amides is 1. The summed E-state index contributed by atoms with van der Waals surface area (Å²) in [7, 11) is 0. The fourth-order valence-corrected chi connectivity index (χ4v) is 4.05. The average Bonchev–Trinajstić information content (AvgIpc) is 3.23. The predicted molar refractivity (Wildman–Crippen MR) is 138 cm³/mol. The Morgan fingerprint density at radius 2 is 1.70 bits per heavy atom. The minimum Gasteiger partial charge on any atom is -0.481 e. The van der Waals surface area contributed by atoms with Crippen molar-refractivity contribution in [3.8, 4) is 5.69 Å². The zero-order valence-corrected chi connectivity index (χ0v) is 21.0. The van der Waals surface area contributed by atoms with Gasteiger partial charge in [0.2, 0.25) is 0 Å². The third-order valence-corrected chi connectivity index (χ3v) is 5.87. The van der Waals surface area contributed by atoms with Gasteiger partial charge in [0, 0.05) is 12.0 Å². The lowest BCUT2D eigenvalue weighted by Gasteiger charge is -2.15. The van der Waals surface area contributed by atoms with E-state index in [4.69, 9.17) is 5.11 Å². The lowest BCUT2D eigenvalue weighted by molar-refractivity contribution is -0.139.